The maximum Gasteiger partial charge on any atom is 0.184 e. The van der Waals surface area contributed by atoms with Crippen LogP contribution in [0.5, 0.6) is 5.75 Å². The molecule has 0 bridgehead atoms. The van der Waals surface area contributed by atoms with Crippen molar-refractivity contribution in [3.8, 4) is 5.75 Å². The normalized spacial score (nSPS) is 12.4. The van der Waals surface area contributed by atoms with Gasteiger partial charge in [-0.3, -0.25) is 9.48 Å². The molecule has 1 unspecified atom stereocenters. The maximum absolute atomic E-state index is 12.2. The van der Waals surface area contributed by atoms with Crippen LogP contribution < -0.4 is 10.5 Å². The molecule has 0 aliphatic rings. The second-order valence-corrected chi connectivity index (χ2v) is 4.59. The van der Waals surface area contributed by atoms with E-state index in [-0.39, 0.29) is 5.78 Å². The van der Waals surface area contributed by atoms with Gasteiger partial charge in [0.2, 0.25) is 0 Å². The fourth-order valence-corrected chi connectivity index (χ4v) is 1.79. The van der Waals surface area contributed by atoms with E-state index in [0.717, 1.165) is 19.4 Å². The fourth-order valence-electron chi connectivity index (χ4n) is 1.79. The number of hydrogen-bond donors (Lipinski definition) is 1. The predicted molar refractivity (Wildman–Crippen MR) is 70.9 cm³/mol. The van der Waals surface area contributed by atoms with E-state index in [1.54, 1.807) is 18.0 Å². The molecule has 1 aromatic heterocycles. The topological polar surface area (TPSA) is 70.1 Å². The van der Waals surface area contributed by atoms with Crippen LogP contribution in [0.1, 0.15) is 43.6 Å². The van der Waals surface area contributed by atoms with Gasteiger partial charge in [-0.25, -0.2) is 0 Å². The highest BCUT2D eigenvalue weighted by atomic mass is 16.5. The average molecular weight is 253 g/mol. The van der Waals surface area contributed by atoms with Crippen LogP contribution in [0.3, 0.4) is 0 Å². The van der Waals surface area contributed by atoms with Crippen molar-refractivity contribution in [2.45, 2.75) is 39.7 Å². The molecule has 102 valence electrons. The van der Waals surface area contributed by atoms with Crippen LogP contribution >= 0.6 is 0 Å². The monoisotopic (exact) mass is 253 g/mol. The van der Waals surface area contributed by atoms with Crippen LogP contribution in [-0.2, 0) is 6.54 Å². The molecule has 5 nitrogen and oxygen atoms in total. The summed E-state index contributed by atoms with van der Waals surface area (Å²) in [6.07, 6.45) is 3.83. The van der Waals surface area contributed by atoms with Crippen LogP contribution in [0.2, 0.25) is 0 Å². The first kappa shape index (κ1) is 14.7. The Hall–Kier alpha value is -1.36. The van der Waals surface area contributed by atoms with Crippen molar-refractivity contribution in [1.29, 1.82) is 0 Å². The number of aromatic nitrogens is 2. The Labute approximate surface area is 108 Å². The third kappa shape index (κ3) is 3.57. The average Bonchev–Trinajstić information content (AvgIpc) is 2.78. The Kier molecular flexibility index (Phi) is 5.85. The molecule has 0 aliphatic heterocycles. The number of carbonyl (C=O) groups is 1. The van der Waals surface area contributed by atoms with E-state index in [4.69, 9.17) is 10.5 Å². The van der Waals surface area contributed by atoms with Crippen molar-refractivity contribution < 1.29 is 9.53 Å². The van der Waals surface area contributed by atoms with Crippen molar-refractivity contribution in [3.63, 3.8) is 0 Å². The summed E-state index contributed by atoms with van der Waals surface area (Å²) in [6, 6.07) is 0. The van der Waals surface area contributed by atoms with Crippen LogP contribution in [0.15, 0.2) is 6.20 Å². The van der Waals surface area contributed by atoms with Gasteiger partial charge in [-0.2, -0.15) is 5.10 Å². The Balaban J connectivity index is 2.79. The zero-order chi connectivity index (χ0) is 13.5. The van der Waals surface area contributed by atoms with Crippen molar-refractivity contribution >= 4 is 5.78 Å². The van der Waals surface area contributed by atoms with Crippen LogP contribution in [0.25, 0.3) is 0 Å². The molecular formula is C13H23N3O2. The molecule has 5 heteroatoms. The Morgan fingerprint density at radius 3 is 2.89 bits per heavy atom. The van der Waals surface area contributed by atoms with Gasteiger partial charge in [0.25, 0.3) is 0 Å². The first-order valence-corrected chi connectivity index (χ1v) is 6.47. The van der Waals surface area contributed by atoms with Gasteiger partial charge in [-0.05, 0) is 25.3 Å². The molecule has 1 atom stereocenters. The van der Waals surface area contributed by atoms with E-state index in [0.29, 0.717) is 30.3 Å². The summed E-state index contributed by atoms with van der Waals surface area (Å²) >= 11 is 0. The van der Waals surface area contributed by atoms with E-state index in [9.17, 15) is 4.79 Å². The molecule has 0 radical (unpaired) electrons. The van der Waals surface area contributed by atoms with Gasteiger partial charge in [0.15, 0.2) is 11.5 Å². The minimum Gasteiger partial charge on any atom is -0.493 e. The number of nitrogens with zero attached hydrogens (tertiary/aromatic N) is 2. The highest BCUT2D eigenvalue weighted by Crippen LogP contribution is 2.21. The number of methoxy groups -OCH3 is 1. The molecule has 2 N–H and O–H groups in total. The summed E-state index contributed by atoms with van der Waals surface area (Å²) in [4.78, 5) is 12.2. The molecule has 1 rings (SSSR count). The number of aryl methyl sites for hydroxylation is 1. The van der Waals surface area contributed by atoms with Gasteiger partial charge >= 0.3 is 0 Å². The molecule has 1 aromatic rings. The fraction of sp³-hybridized carbons (Fsp3) is 0.692. The van der Waals surface area contributed by atoms with Gasteiger partial charge in [0, 0.05) is 13.0 Å². The molecule has 0 spiro atoms. The van der Waals surface area contributed by atoms with Crippen LogP contribution in [0, 0.1) is 5.92 Å². The van der Waals surface area contributed by atoms with Gasteiger partial charge < -0.3 is 10.5 Å². The highest BCUT2D eigenvalue weighted by Gasteiger charge is 2.19. The Morgan fingerprint density at radius 1 is 1.61 bits per heavy atom. The van der Waals surface area contributed by atoms with E-state index < -0.39 is 0 Å². The van der Waals surface area contributed by atoms with Gasteiger partial charge in [0.05, 0.1) is 13.3 Å². The minimum absolute atomic E-state index is 0.0816. The van der Waals surface area contributed by atoms with Gasteiger partial charge in [-0.1, -0.05) is 13.8 Å². The number of ketones is 1. The van der Waals surface area contributed by atoms with Crippen molar-refractivity contribution in [3.05, 3.63) is 11.9 Å². The molecule has 0 saturated heterocycles. The first-order chi connectivity index (χ1) is 8.63. The lowest BCUT2D eigenvalue weighted by Gasteiger charge is -2.09. The number of Topliss-reactive ketones (excluding diaryl/α,β-unsaturated/α-hetero) is 1. The smallest absolute Gasteiger partial charge is 0.184 e. The van der Waals surface area contributed by atoms with E-state index in [1.165, 1.54) is 0 Å². The molecule has 0 fully saturated rings. The summed E-state index contributed by atoms with van der Waals surface area (Å²) in [6.45, 7) is 5.45. The molecule has 18 heavy (non-hydrogen) atoms. The standard InChI is InChI=1S/C13H23N3O2/c1-4-7-16-13(12(18-3)9-15-16)11(17)6-5-10(2)8-14/h9-10H,4-8,14H2,1-3H3. The quantitative estimate of drug-likeness (QED) is 0.718. The van der Waals surface area contributed by atoms with Crippen molar-refractivity contribution in [2.75, 3.05) is 13.7 Å². The third-order valence-electron chi connectivity index (χ3n) is 2.99. The number of rotatable bonds is 8. The zero-order valence-electron chi connectivity index (χ0n) is 11.5. The summed E-state index contributed by atoms with van der Waals surface area (Å²) in [5.74, 6) is 1.01. The van der Waals surface area contributed by atoms with Gasteiger partial charge in [-0.15, -0.1) is 0 Å². The lowest BCUT2D eigenvalue weighted by Crippen LogP contribution is -2.15. The number of ether oxygens (including phenoxy) is 1. The summed E-state index contributed by atoms with van der Waals surface area (Å²) in [7, 11) is 1.56. The van der Waals surface area contributed by atoms with E-state index >= 15 is 0 Å². The highest BCUT2D eigenvalue weighted by molar-refractivity contribution is 5.97. The zero-order valence-corrected chi connectivity index (χ0v) is 11.5. The third-order valence-corrected chi connectivity index (χ3v) is 2.99. The molecule has 0 saturated carbocycles. The van der Waals surface area contributed by atoms with Crippen LogP contribution in [0.4, 0.5) is 0 Å². The number of nitrogens with two attached hydrogens (primary N) is 1. The van der Waals surface area contributed by atoms with Crippen LogP contribution in [-0.4, -0.2) is 29.2 Å². The number of hydrogen-bond acceptors (Lipinski definition) is 4. The SMILES string of the molecule is CCCn1ncc(OC)c1C(=O)CCC(C)CN. The Bertz CT molecular complexity index is 388. The predicted octanol–water partition coefficient (Wildman–Crippen LogP) is 1.86. The maximum atomic E-state index is 12.2. The van der Waals surface area contributed by atoms with E-state index in [1.807, 2.05) is 6.92 Å². The Morgan fingerprint density at radius 2 is 2.33 bits per heavy atom. The lowest BCUT2D eigenvalue weighted by atomic mass is 10.0. The largest absolute Gasteiger partial charge is 0.493 e. The van der Waals surface area contributed by atoms with Crippen molar-refractivity contribution in [1.82, 2.24) is 9.78 Å². The van der Waals surface area contributed by atoms with Gasteiger partial charge in [0.1, 0.15) is 5.69 Å². The molecule has 1 heterocycles. The van der Waals surface area contributed by atoms with Crippen molar-refractivity contribution in [2.24, 2.45) is 11.7 Å². The summed E-state index contributed by atoms with van der Waals surface area (Å²) in [5, 5.41) is 4.19. The summed E-state index contributed by atoms with van der Waals surface area (Å²) in [5.41, 5.74) is 6.14. The molecule has 0 aromatic carbocycles. The molecular weight excluding hydrogens is 230 g/mol. The lowest BCUT2D eigenvalue weighted by molar-refractivity contribution is 0.0961. The minimum atomic E-state index is 0.0816. The number of carbonyl (C=O) groups excluding carboxylic acids is 1. The second kappa shape index (κ2) is 7.16. The molecule has 0 aliphatic carbocycles. The summed E-state index contributed by atoms with van der Waals surface area (Å²) < 4.78 is 6.93. The first-order valence-electron chi connectivity index (χ1n) is 6.47. The van der Waals surface area contributed by atoms with E-state index in [2.05, 4.69) is 12.0 Å². The second-order valence-electron chi connectivity index (χ2n) is 4.59. The molecule has 0 amide bonds.